The molecule has 5 aromatic rings. The van der Waals surface area contributed by atoms with E-state index in [1.807, 2.05) is 59.3 Å². The summed E-state index contributed by atoms with van der Waals surface area (Å²) in [6.07, 6.45) is 10.2. The molecule has 35 heavy (non-hydrogen) atoms. The van der Waals surface area contributed by atoms with Gasteiger partial charge in [0.2, 0.25) is 0 Å². The number of rotatable bonds is 10. The molecule has 0 spiro atoms. The van der Waals surface area contributed by atoms with E-state index in [2.05, 4.69) is 35.9 Å². The van der Waals surface area contributed by atoms with Crippen LogP contribution in [0.15, 0.2) is 49.3 Å². The van der Waals surface area contributed by atoms with Gasteiger partial charge in [0.05, 0.1) is 30.0 Å². The third-order valence-electron chi connectivity index (χ3n) is 5.83. The molecule has 5 rings (SSSR count). The molecule has 0 bridgehead atoms. The van der Waals surface area contributed by atoms with Crippen LogP contribution in [0.25, 0.3) is 21.8 Å². The van der Waals surface area contributed by atoms with Crippen molar-refractivity contribution in [3.8, 4) is 5.75 Å². The number of methoxy groups -OCH3 is 1. The fraction of sp³-hybridized carbons (Fsp3) is 0.292. The summed E-state index contributed by atoms with van der Waals surface area (Å²) in [6, 6.07) is 5.70. The number of nitrogens with zero attached hydrogens (tertiary/aromatic N) is 7. The van der Waals surface area contributed by atoms with E-state index in [1.165, 1.54) is 0 Å². The molecule has 0 atom stereocenters. The summed E-state index contributed by atoms with van der Waals surface area (Å²) < 4.78 is 9.18. The van der Waals surface area contributed by atoms with E-state index in [-0.39, 0.29) is 0 Å². The van der Waals surface area contributed by atoms with Gasteiger partial charge in [-0.2, -0.15) is 5.10 Å². The predicted molar refractivity (Wildman–Crippen MR) is 137 cm³/mol. The van der Waals surface area contributed by atoms with Gasteiger partial charge in [-0.15, -0.1) is 10.2 Å². The lowest BCUT2D eigenvalue weighted by molar-refractivity contribution is 0.415. The SMILES string of the molecule is CCn1ncc2c3c(NCc4ccc(OC)c(Cl)c4)nnc(NCCCn4ccnc4)c3cnc21. The average molecular weight is 492 g/mol. The molecule has 0 radical (unpaired) electrons. The van der Waals surface area contributed by atoms with Crippen LogP contribution in [0.3, 0.4) is 0 Å². The fourth-order valence-corrected chi connectivity index (χ4v) is 4.32. The van der Waals surface area contributed by atoms with Crippen LogP contribution in [0.1, 0.15) is 18.9 Å². The number of anilines is 2. The molecule has 0 saturated carbocycles. The van der Waals surface area contributed by atoms with Crippen molar-refractivity contribution in [1.82, 2.24) is 34.5 Å². The highest BCUT2D eigenvalue weighted by molar-refractivity contribution is 6.32. The first kappa shape index (κ1) is 22.9. The number of hydrogen-bond acceptors (Lipinski definition) is 8. The maximum absolute atomic E-state index is 6.30. The van der Waals surface area contributed by atoms with Crippen LogP contribution >= 0.6 is 11.6 Å². The Kier molecular flexibility index (Phi) is 6.62. The number of halogens is 1. The second-order valence-electron chi connectivity index (χ2n) is 8.04. The Balaban J connectivity index is 1.44. The van der Waals surface area contributed by atoms with Crippen molar-refractivity contribution in [2.75, 3.05) is 24.3 Å². The monoisotopic (exact) mass is 491 g/mol. The molecule has 0 aliphatic carbocycles. The number of fused-ring (bicyclic) bond motifs is 3. The number of hydrogen-bond donors (Lipinski definition) is 2. The molecule has 0 unspecified atom stereocenters. The number of nitrogens with one attached hydrogen (secondary N) is 2. The van der Waals surface area contributed by atoms with E-state index < -0.39 is 0 Å². The standard InChI is InChI=1S/C24H26ClN9O/c1-3-34-24-18(14-30-34)21-17(13-29-24)22(27-7-4-9-33-10-8-26-15-33)31-32-23(21)28-12-16-5-6-20(35-2)19(25)11-16/h5-6,8,10-11,13-15H,3-4,7,9,12H2,1-2H3,(H,27,31)(H,28,32). The zero-order valence-electron chi connectivity index (χ0n) is 19.6. The minimum Gasteiger partial charge on any atom is -0.495 e. The second-order valence-corrected chi connectivity index (χ2v) is 8.45. The van der Waals surface area contributed by atoms with Gasteiger partial charge in [-0.1, -0.05) is 17.7 Å². The number of benzene rings is 1. The van der Waals surface area contributed by atoms with Gasteiger partial charge < -0.3 is 19.9 Å². The first-order chi connectivity index (χ1) is 17.2. The lowest BCUT2D eigenvalue weighted by Gasteiger charge is -2.13. The van der Waals surface area contributed by atoms with E-state index in [4.69, 9.17) is 16.3 Å². The van der Waals surface area contributed by atoms with Crippen LogP contribution in [0.4, 0.5) is 11.6 Å². The van der Waals surface area contributed by atoms with Crippen molar-refractivity contribution < 1.29 is 4.74 Å². The Labute approximate surface area is 207 Å². The molecule has 4 heterocycles. The summed E-state index contributed by atoms with van der Waals surface area (Å²) in [5.41, 5.74) is 1.82. The highest BCUT2D eigenvalue weighted by Gasteiger charge is 2.16. The van der Waals surface area contributed by atoms with Crippen LogP contribution in [0.5, 0.6) is 5.75 Å². The van der Waals surface area contributed by atoms with Crippen LogP contribution in [-0.4, -0.2) is 48.2 Å². The van der Waals surface area contributed by atoms with Gasteiger partial charge in [0.1, 0.15) is 5.75 Å². The quantitative estimate of drug-likeness (QED) is 0.277. The molecule has 0 amide bonds. The Morgan fingerprint density at radius 2 is 1.97 bits per heavy atom. The van der Waals surface area contributed by atoms with Gasteiger partial charge in [0, 0.05) is 55.5 Å². The highest BCUT2D eigenvalue weighted by atomic mass is 35.5. The van der Waals surface area contributed by atoms with Crippen LogP contribution in [0.2, 0.25) is 5.02 Å². The highest BCUT2D eigenvalue weighted by Crippen LogP contribution is 2.32. The number of aryl methyl sites for hydroxylation is 2. The van der Waals surface area contributed by atoms with Gasteiger partial charge in [-0.05, 0) is 31.0 Å². The van der Waals surface area contributed by atoms with Crippen molar-refractivity contribution in [1.29, 1.82) is 0 Å². The van der Waals surface area contributed by atoms with Crippen LogP contribution < -0.4 is 15.4 Å². The summed E-state index contributed by atoms with van der Waals surface area (Å²) >= 11 is 6.30. The maximum Gasteiger partial charge on any atom is 0.158 e. The molecular weight excluding hydrogens is 466 g/mol. The van der Waals surface area contributed by atoms with Crippen molar-refractivity contribution in [3.63, 3.8) is 0 Å². The van der Waals surface area contributed by atoms with E-state index in [1.54, 1.807) is 13.3 Å². The molecule has 1 aromatic carbocycles. The van der Waals surface area contributed by atoms with Gasteiger partial charge in [0.25, 0.3) is 0 Å². The number of imidazole rings is 1. The summed E-state index contributed by atoms with van der Waals surface area (Å²) in [7, 11) is 1.60. The van der Waals surface area contributed by atoms with E-state index in [9.17, 15) is 0 Å². The Bertz CT molecular complexity index is 1450. The van der Waals surface area contributed by atoms with Gasteiger partial charge in [-0.3, -0.25) is 0 Å². The summed E-state index contributed by atoms with van der Waals surface area (Å²) in [6.45, 7) is 4.91. The smallest absolute Gasteiger partial charge is 0.158 e. The zero-order chi connectivity index (χ0) is 24.2. The normalized spacial score (nSPS) is 11.3. The van der Waals surface area contributed by atoms with Crippen LogP contribution in [-0.2, 0) is 19.6 Å². The van der Waals surface area contributed by atoms with E-state index in [0.717, 1.165) is 53.4 Å². The number of pyridine rings is 1. The van der Waals surface area contributed by atoms with Gasteiger partial charge in [0.15, 0.2) is 17.3 Å². The molecule has 180 valence electrons. The Morgan fingerprint density at radius 1 is 1.09 bits per heavy atom. The molecule has 0 aliphatic heterocycles. The first-order valence-corrected chi connectivity index (χ1v) is 11.8. The Hall–Kier alpha value is -3.92. The third-order valence-corrected chi connectivity index (χ3v) is 6.12. The number of ether oxygens (including phenoxy) is 1. The lowest BCUT2D eigenvalue weighted by atomic mass is 10.1. The molecule has 4 aromatic heterocycles. The van der Waals surface area contributed by atoms with Crippen molar-refractivity contribution in [2.24, 2.45) is 0 Å². The maximum atomic E-state index is 6.30. The van der Waals surface area contributed by atoms with Crippen molar-refractivity contribution in [2.45, 2.75) is 33.0 Å². The third kappa shape index (κ3) is 4.69. The zero-order valence-corrected chi connectivity index (χ0v) is 20.3. The molecule has 0 aliphatic rings. The molecule has 10 nitrogen and oxygen atoms in total. The van der Waals surface area contributed by atoms with E-state index in [0.29, 0.717) is 29.0 Å². The fourth-order valence-electron chi connectivity index (χ4n) is 4.04. The topological polar surface area (TPSA) is 108 Å². The van der Waals surface area contributed by atoms with Crippen molar-refractivity contribution >= 4 is 45.0 Å². The Morgan fingerprint density at radius 3 is 2.74 bits per heavy atom. The minimum absolute atomic E-state index is 0.525. The molecule has 2 N–H and O–H groups in total. The summed E-state index contributed by atoms with van der Waals surface area (Å²) in [5.74, 6) is 2.00. The largest absolute Gasteiger partial charge is 0.495 e. The second kappa shape index (κ2) is 10.1. The predicted octanol–water partition coefficient (Wildman–Crippen LogP) is 4.37. The lowest BCUT2D eigenvalue weighted by Crippen LogP contribution is -2.10. The average Bonchev–Trinajstić information content (AvgIpc) is 3.55. The molecule has 11 heteroatoms. The van der Waals surface area contributed by atoms with Crippen LogP contribution in [0, 0.1) is 0 Å². The first-order valence-electron chi connectivity index (χ1n) is 11.4. The van der Waals surface area contributed by atoms with Gasteiger partial charge >= 0.3 is 0 Å². The molecular formula is C24H26ClN9O. The van der Waals surface area contributed by atoms with E-state index >= 15 is 0 Å². The molecule has 0 fully saturated rings. The number of aromatic nitrogens is 7. The molecule has 0 saturated heterocycles. The van der Waals surface area contributed by atoms with Gasteiger partial charge in [-0.25, -0.2) is 14.6 Å². The summed E-state index contributed by atoms with van der Waals surface area (Å²) in [4.78, 5) is 8.76. The van der Waals surface area contributed by atoms with Crippen molar-refractivity contribution in [3.05, 3.63) is 59.9 Å². The summed E-state index contributed by atoms with van der Waals surface area (Å²) in [5, 5.41) is 23.7. The minimum atomic E-state index is 0.525.